The Morgan fingerprint density at radius 1 is 0.773 bits per heavy atom. The minimum atomic E-state index is -0.611. The second-order valence-corrected chi connectivity index (χ2v) is 7.37. The van der Waals surface area contributed by atoms with Crippen LogP contribution >= 0.6 is 0 Å². The molecule has 1 saturated carbocycles. The van der Waals surface area contributed by atoms with E-state index in [1.54, 1.807) is 0 Å². The van der Waals surface area contributed by atoms with E-state index in [9.17, 15) is 8.78 Å². The number of rotatable bonds is 2. The van der Waals surface area contributed by atoms with Gasteiger partial charge in [0, 0.05) is 5.92 Å². The Morgan fingerprint density at radius 2 is 1.41 bits per heavy atom. The van der Waals surface area contributed by atoms with E-state index in [0.29, 0.717) is 17.0 Å². The molecule has 0 aromatic heterocycles. The second-order valence-electron chi connectivity index (χ2n) is 7.37. The summed E-state index contributed by atoms with van der Waals surface area (Å²) in [6, 6.07) is 3.68. The summed E-state index contributed by atoms with van der Waals surface area (Å²) in [6.45, 7) is 4.41. The Hall–Kier alpha value is -1.18. The first-order chi connectivity index (χ1) is 10.6. The highest BCUT2D eigenvalue weighted by molar-refractivity contribution is 5.34. The molecule has 0 amide bonds. The summed E-state index contributed by atoms with van der Waals surface area (Å²) < 4.78 is 29.1. The Bertz CT molecular complexity index is 553. The topological polar surface area (TPSA) is 0 Å². The Morgan fingerprint density at radius 3 is 2.05 bits per heavy atom. The molecule has 0 N–H and O–H groups in total. The van der Waals surface area contributed by atoms with Gasteiger partial charge in [0.25, 0.3) is 0 Å². The van der Waals surface area contributed by atoms with Gasteiger partial charge in [0.2, 0.25) is 0 Å². The molecule has 1 fully saturated rings. The number of hydrogen-bond acceptors (Lipinski definition) is 0. The molecule has 2 heteroatoms. The molecule has 0 heterocycles. The van der Waals surface area contributed by atoms with Gasteiger partial charge in [-0.05, 0) is 54.6 Å². The van der Waals surface area contributed by atoms with Gasteiger partial charge < -0.3 is 0 Å². The predicted octanol–water partition coefficient (Wildman–Crippen LogP) is 6.33. The number of allylic oxidation sites excluding steroid dienone is 2. The summed E-state index contributed by atoms with van der Waals surface area (Å²) in [4.78, 5) is 0. The highest BCUT2D eigenvalue weighted by atomic mass is 19.2. The fraction of sp³-hybridized carbons (Fsp3) is 0.600. The lowest BCUT2D eigenvalue weighted by Gasteiger charge is -2.28. The van der Waals surface area contributed by atoms with Gasteiger partial charge in [-0.3, -0.25) is 0 Å². The van der Waals surface area contributed by atoms with Crippen LogP contribution in [0.25, 0.3) is 0 Å². The molecule has 1 aromatic rings. The molecule has 22 heavy (non-hydrogen) atoms. The van der Waals surface area contributed by atoms with Gasteiger partial charge in [0.1, 0.15) is 0 Å². The van der Waals surface area contributed by atoms with Crippen molar-refractivity contribution in [3.05, 3.63) is 47.0 Å². The molecule has 2 unspecified atom stereocenters. The zero-order valence-corrected chi connectivity index (χ0v) is 13.6. The monoisotopic (exact) mass is 304 g/mol. The van der Waals surface area contributed by atoms with Crippen molar-refractivity contribution in [3.63, 3.8) is 0 Å². The maximum atomic E-state index is 14.6. The molecule has 1 aromatic carbocycles. The van der Waals surface area contributed by atoms with Crippen LogP contribution in [-0.2, 0) is 0 Å². The van der Waals surface area contributed by atoms with E-state index in [1.165, 1.54) is 0 Å². The van der Waals surface area contributed by atoms with Gasteiger partial charge in [0.15, 0.2) is 11.6 Å². The molecular formula is C20H26F2. The van der Waals surface area contributed by atoms with Crippen molar-refractivity contribution in [3.8, 4) is 0 Å². The maximum Gasteiger partial charge on any atom is 0.162 e. The van der Waals surface area contributed by atoms with Gasteiger partial charge in [-0.1, -0.05) is 51.0 Å². The SMILES string of the molecule is CC1C=CC(c2ccc(C3CCC(C)CC3)c(F)c2F)CC1. The Labute approximate surface area is 132 Å². The average molecular weight is 304 g/mol. The summed E-state index contributed by atoms with van der Waals surface area (Å²) in [5.74, 6) is 0.294. The van der Waals surface area contributed by atoms with E-state index in [-0.39, 0.29) is 11.8 Å². The molecule has 0 bridgehead atoms. The van der Waals surface area contributed by atoms with Gasteiger partial charge in [-0.2, -0.15) is 0 Å². The lowest BCUT2D eigenvalue weighted by molar-refractivity contribution is 0.338. The summed E-state index contributed by atoms with van der Waals surface area (Å²) in [7, 11) is 0. The summed E-state index contributed by atoms with van der Waals surface area (Å²) >= 11 is 0. The lowest BCUT2D eigenvalue weighted by Crippen LogP contribution is -2.14. The molecular weight excluding hydrogens is 278 g/mol. The molecule has 2 atom stereocenters. The minimum Gasteiger partial charge on any atom is -0.203 e. The molecule has 0 saturated heterocycles. The first-order valence-corrected chi connectivity index (χ1v) is 8.72. The third kappa shape index (κ3) is 3.11. The van der Waals surface area contributed by atoms with Gasteiger partial charge in [-0.15, -0.1) is 0 Å². The largest absolute Gasteiger partial charge is 0.203 e. The summed E-state index contributed by atoms with van der Waals surface area (Å²) in [5.41, 5.74) is 1.13. The van der Waals surface area contributed by atoms with Crippen LogP contribution in [0.2, 0.25) is 0 Å². The van der Waals surface area contributed by atoms with Crippen molar-refractivity contribution in [1.82, 2.24) is 0 Å². The first-order valence-electron chi connectivity index (χ1n) is 8.72. The van der Waals surface area contributed by atoms with Crippen LogP contribution < -0.4 is 0 Å². The zero-order chi connectivity index (χ0) is 15.7. The van der Waals surface area contributed by atoms with E-state index in [1.807, 2.05) is 18.2 Å². The standard InChI is InChI=1S/C20H26F2/c1-13-3-7-15(8-4-13)17-11-12-18(20(22)19(17)21)16-9-5-14(2)6-10-16/h3,7,11-16H,4-6,8-10H2,1-2H3. The third-order valence-electron chi connectivity index (χ3n) is 5.60. The highest BCUT2D eigenvalue weighted by Gasteiger charge is 2.26. The Kier molecular flexibility index (Phi) is 4.65. The smallest absolute Gasteiger partial charge is 0.162 e. The zero-order valence-electron chi connectivity index (χ0n) is 13.6. The fourth-order valence-corrected chi connectivity index (χ4v) is 3.97. The fourth-order valence-electron chi connectivity index (χ4n) is 3.97. The van der Waals surface area contributed by atoms with Crippen LogP contribution in [0, 0.1) is 23.5 Å². The van der Waals surface area contributed by atoms with Crippen molar-refractivity contribution < 1.29 is 8.78 Å². The molecule has 120 valence electrons. The average Bonchev–Trinajstić information content (AvgIpc) is 2.52. The van der Waals surface area contributed by atoms with Crippen LogP contribution in [0.3, 0.4) is 0 Å². The maximum absolute atomic E-state index is 14.6. The minimum absolute atomic E-state index is 0.0335. The quantitative estimate of drug-likeness (QED) is 0.560. The second kappa shape index (κ2) is 6.52. The molecule has 2 aliphatic carbocycles. The molecule has 0 spiro atoms. The highest BCUT2D eigenvalue weighted by Crippen LogP contribution is 2.39. The van der Waals surface area contributed by atoms with Crippen LogP contribution in [0.1, 0.15) is 75.3 Å². The van der Waals surface area contributed by atoms with Crippen molar-refractivity contribution in [2.24, 2.45) is 11.8 Å². The van der Waals surface area contributed by atoms with E-state index < -0.39 is 11.6 Å². The van der Waals surface area contributed by atoms with E-state index >= 15 is 0 Å². The molecule has 0 aliphatic heterocycles. The molecule has 0 radical (unpaired) electrons. The van der Waals surface area contributed by atoms with Gasteiger partial charge >= 0.3 is 0 Å². The normalized spacial score (nSPS) is 32.2. The van der Waals surface area contributed by atoms with Crippen LogP contribution in [0.4, 0.5) is 8.78 Å². The van der Waals surface area contributed by atoms with Crippen molar-refractivity contribution >= 4 is 0 Å². The molecule has 3 rings (SSSR count). The van der Waals surface area contributed by atoms with E-state index in [2.05, 4.69) is 19.9 Å². The van der Waals surface area contributed by atoms with Crippen LogP contribution in [-0.4, -0.2) is 0 Å². The number of benzene rings is 1. The predicted molar refractivity (Wildman–Crippen MR) is 87.0 cm³/mol. The van der Waals surface area contributed by atoms with Crippen LogP contribution in [0.5, 0.6) is 0 Å². The lowest BCUT2D eigenvalue weighted by atomic mass is 9.78. The van der Waals surface area contributed by atoms with E-state index in [4.69, 9.17) is 0 Å². The van der Waals surface area contributed by atoms with Crippen molar-refractivity contribution in [2.75, 3.05) is 0 Å². The van der Waals surface area contributed by atoms with E-state index in [0.717, 1.165) is 44.4 Å². The third-order valence-corrected chi connectivity index (χ3v) is 5.60. The summed E-state index contributed by atoms with van der Waals surface area (Å²) in [5, 5.41) is 0. The molecule has 2 aliphatic rings. The van der Waals surface area contributed by atoms with Gasteiger partial charge in [-0.25, -0.2) is 8.78 Å². The Balaban J connectivity index is 1.84. The number of halogens is 2. The van der Waals surface area contributed by atoms with Crippen molar-refractivity contribution in [1.29, 1.82) is 0 Å². The van der Waals surface area contributed by atoms with Gasteiger partial charge in [0.05, 0.1) is 0 Å². The number of hydrogen-bond donors (Lipinski definition) is 0. The summed E-state index contributed by atoms with van der Waals surface area (Å²) in [6.07, 6.45) is 10.3. The van der Waals surface area contributed by atoms with Crippen LogP contribution in [0.15, 0.2) is 24.3 Å². The van der Waals surface area contributed by atoms with Crippen molar-refractivity contribution in [2.45, 2.75) is 64.2 Å². The first kappa shape index (κ1) is 15.7. The molecule has 0 nitrogen and oxygen atoms in total.